The molecule has 13 heteroatoms. The number of aliphatic hydroxyl groups is 1. The molecular weight excluding hydrogens is 687 g/mol. The SMILES string of the molecule is CC(C)(C)[Si](C)(C)OCCC(O[Si](C)(C)C(C)(C)C)C(O[Si](C)(C)C(C)(C)C)C(O[Si](C)(C)C(C)(C)C)C(O)OCCOCCOCCN. The van der Waals surface area contributed by atoms with Crippen molar-refractivity contribution in [2.24, 2.45) is 5.73 Å². The maximum Gasteiger partial charge on any atom is 0.192 e. The van der Waals surface area contributed by atoms with Crippen LogP contribution in [0.15, 0.2) is 0 Å². The van der Waals surface area contributed by atoms with E-state index < -0.39 is 51.8 Å². The van der Waals surface area contributed by atoms with Crippen LogP contribution in [0.25, 0.3) is 0 Å². The number of ether oxygens (including phenoxy) is 3. The highest BCUT2D eigenvalue weighted by molar-refractivity contribution is 6.75. The summed E-state index contributed by atoms with van der Waals surface area (Å²) in [6.07, 6.45) is -2.40. The molecule has 0 saturated heterocycles. The van der Waals surface area contributed by atoms with Crippen molar-refractivity contribution < 1.29 is 37.0 Å². The van der Waals surface area contributed by atoms with Gasteiger partial charge < -0.3 is 42.8 Å². The molecule has 0 aromatic carbocycles. The van der Waals surface area contributed by atoms with Gasteiger partial charge in [-0.25, -0.2) is 0 Å². The van der Waals surface area contributed by atoms with Crippen molar-refractivity contribution in [2.45, 2.75) is 187 Å². The van der Waals surface area contributed by atoms with Crippen LogP contribution in [0, 0.1) is 0 Å². The minimum Gasteiger partial charge on any atom is -0.417 e. The van der Waals surface area contributed by atoms with Crippen molar-refractivity contribution >= 4 is 33.3 Å². The summed E-state index contributed by atoms with van der Waals surface area (Å²) < 4.78 is 46.0. The van der Waals surface area contributed by atoms with Crippen LogP contribution >= 0.6 is 0 Å². The van der Waals surface area contributed by atoms with Crippen LogP contribution in [0.5, 0.6) is 0 Å². The normalized spacial score (nSPS) is 17.3. The molecule has 9 nitrogen and oxygen atoms in total. The lowest BCUT2D eigenvalue weighted by molar-refractivity contribution is -0.198. The Labute approximate surface area is 307 Å². The fourth-order valence-electron chi connectivity index (χ4n) is 3.90. The Morgan fingerprint density at radius 3 is 1.27 bits per heavy atom. The fraction of sp³-hybridized carbons (Fsp3) is 1.00. The highest BCUT2D eigenvalue weighted by Gasteiger charge is 2.51. The van der Waals surface area contributed by atoms with Gasteiger partial charge in [0.1, 0.15) is 6.10 Å². The average Bonchev–Trinajstić information content (AvgIpc) is 2.88. The van der Waals surface area contributed by atoms with Gasteiger partial charge in [-0.15, -0.1) is 0 Å². The third-order valence-corrected chi connectivity index (χ3v) is 29.5. The Morgan fingerprint density at radius 2 is 0.857 bits per heavy atom. The molecule has 0 radical (unpaired) electrons. The number of hydrogen-bond acceptors (Lipinski definition) is 9. The van der Waals surface area contributed by atoms with Gasteiger partial charge in [-0.3, -0.25) is 0 Å². The van der Waals surface area contributed by atoms with Crippen LogP contribution in [-0.4, -0.2) is 109 Å². The molecule has 0 bridgehead atoms. The summed E-state index contributed by atoms with van der Waals surface area (Å²) in [6.45, 7) is 47.9. The molecule has 0 saturated carbocycles. The van der Waals surface area contributed by atoms with Crippen LogP contribution in [0.2, 0.25) is 72.5 Å². The zero-order chi connectivity index (χ0) is 38.9. The molecule has 3 N–H and O–H groups in total. The lowest BCUT2D eigenvalue weighted by Gasteiger charge is -2.50. The van der Waals surface area contributed by atoms with Gasteiger partial charge in [-0.05, 0) is 78.9 Å². The number of rotatable bonds is 22. The van der Waals surface area contributed by atoms with E-state index >= 15 is 0 Å². The second-order valence-corrected chi connectivity index (χ2v) is 38.9. The maximum atomic E-state index is 12.0. The Bertz CT molecular complexity index is 937. The van der Waals surface area contributed by atoms with E-state index in [2.05, 4.69) is 135 Å². The molecule has 296 valence electrons. The molecule has 0 spiro atoms. The van der Waals surface area contributed by atoms with Crippen LogP contribution in [0.1, 0.15) is 89.5 Å². The Morgan fingerprint density at radius 1 is 0.490 bits per heavy atom. The zero-order valence-electron chi connectivity index (χ0n) is 35.8. The standard InChI is InChI=1S/C36H83NO8Si4/c1-33(2,3)46(13,14)42-23-21-29(43-47(15,16)34(4,5)6)30(44-48(17,18)35(7,8)9)31(45-49(19,20)36(10,11)12)32(38)41-28-27-40-26-25-39-24-22-37/h29-32,38H,21-28,37H2,1-20H3. The topological polar surface area (TPSA) is 111 Å². The molecule has 0 aromatic heterocycles. The molecule has 0 amide bonds. The lowest BCUT2D eigenvalue weighted by atomic mass is 10.1. The second-order valence-electron chi connectivity index (χ2n) is 19.8. The molecule has 0 aromatic rings. The molecule has 0 aliphatic rings. The number of hydrogen-bond donors (Lipinski definition) is 2. The first-order chi connectivity index (χ1) is 21.7. The molecular formula is C36H83NO8Si4. The third kappa shape index (κ3) is 16.2. The van der Waals surface area contributed by atoms with Crippen molar-refractivity contribution in [3.05, 3.63) is 0 Å². The Balaban J connectivity index is 7.03. The maximum absolute atomic E-state index is 12.0. The van der Waals surface area contributed by atoms with E-state index in [1.165, 1.54) is 0 Å². The van der Waals surface area contributed by atoms with E-state index in [1.54, 1.807) is 0 Å². The van der Waals surface area contributed by atoms with Crippen molar-refractivity contribution in [1.29, 1.82) is 0 Å². The predicted octanol–water partition coefficient (Wildman–Crippen LogP) is 8.90. The van der Waals surface area contributed by atoms with E-state index in [0.717, 1.165) is 0 Å². The average molecular weight is 770 g/mol. The van der Waals surface area contributed by atoms with E-state index in [0.29, 0.717) is 46.0 Å². The molecule has 0 rings (SSSR count). The van der Waals surface area contributed by atoms with Crippen LogP contribution < -0.4 is 5.73 Å². The number of nitrogens with two attached hydrogens (primary N) is 1. The van der Waals surface area contributed by atoms with Gasteiger partial charge in [0.25, 0.3) is 0 Å². The van der Waals surface area contributed by atoms with Gasteiger partial charge >= 0.3 is 0 Å². The summed E-state index contributed by atoms with van der Waals surface area (Å²) in [7, 11) is -9.23. The summed E-state index contributed by atoms with van der Waals surface area (Å²) in [6, 6.07) is 0. The minimum absolute atomic E-state index is 0.0385. The molecule has 4 atom stereocenters. The van der Waals surface area contributed by atoms with Gasteiger partial charge in [-0.2, -0.15) is 0 Å². The molecule has 0 aliphatic carbocycles. The molecule has 4 unspecified atom stereocenters. The first kappa shape index (κ1) is 49.5. The zero-order valence-corrected chi connectivity index (χ0v) is 39.8. The first-order valence-corrected chi connectivity index (χ1v) is 30.2. The second kappa shape index (κ2) is 19.2. The first-order valence-electron chi connectivity index (χ1n) is 18.6. The molecule has 0 heterocycles. The highest BCUT2D eigenvalue weighted by Crippen LogP contribution is 2.44. The van der Waals surface area contributed by atoms with Crippen molar-refractivity contribution in [3.63, 3.8) is 0 Å². The lowest BCUT2D eigenvalue weighted by Crippen LogP contribution is -2.61. The monoisotopic (exact) mass is 770 g/mol. The number of aliphatic hydroxyl groups excluding tert-OH is 1. The molecule has 49 heavy (non-hydrogen) atoms. The van der Waals surface area contributed by atoms with Gasteiger partial charge in [0, 0.05) is 13.2 Å². The Kier molecular flexibility index (Phi) is 19.4. The summed E-state index contributed by atoms with van der Waals surface area (Å²) in [4.78, 5) is 0. The van der Waals surface area contributed by atoms with E-state index in [4.69, 9.17) is 37.6 Å². The van der Waals surface area contributed by atoms with Gasteiger partial charge in [0.2, 0.25) is 0 Å². The van der Waals surface area contributed by atoms with Crippen LogP contribution in [-0.2, 0) is 31.9 Å². The summed E-state index contributed by atoms with van der Waals surface area (Å²) in [5.41, 5.74) is 5.51. The largest absolute Gasteiger partial charge is 0.417 e. The molecule has 0 fully saturated rings. The van der Waals surface area contributed by atoms with Crippen LogP contribution in [0.4, 0.5) is 0 Å². The summed E-state index contributed by atoms with van der Waals surface area (Å²) in [5.74, 6) is 0. The fourth-order valence-corrected chi connectivity index (χ4v) is 8.92. The Hall–Kier alpha value is 0.508. The predicted molar refractivity (Wildman–Crippen MR) is 217 cm³/mol. The van der Waals surface area contributed by atoms with Crippen molar-refractivity contribution in [3.8, 4) is 0 Å². The highest BCUT2D eigenvalue weighted by atomic mass is 28.4. The van der Waals surface area contributed by atoms with Crippen molar-refractivity contribution in [2.75, 3.05) is 46.2 Å². The quantitative estimate of drug-likeness (QED) is 0.0634. The van der Waals surface area contributed by atoms with E-state index in [-0.39, 0.29) is 32.9 Å². The van der Waals surface area contributed by atoms with Gasteiger partial charge in [0.15, 0.2) is 39.6 Å². The third-order valence-electron chi connectivity index (χ3n) is 11.5. The smallest absolute Gasteiger partial charge is 0.192 e. The van der Waals surface area contributed by atoms with E-state index in [9.17, 15) is 5.11 Å². The van der Waals surface area contributed by atoms with Gasteiger partial charge in [-0.1, -0.05) is 83.1 Å². The van der Waals surface area contributed by atoms with E-state index in [1.807, 2.05) is 0 Å². The summed E-state index contributed by atoms with van der Waals surface area (Å²) in [5, 5.41) is 11.8. The minimum atomic E-state index is -2.45. The van der Waals surface area contributed by atoms with Gasteiger partial charge in [0.05, 0.1) is 45.2 Å². The van der Waals surface area contributed by atoms with Crippen molar-refractivity contribution in [1.82, 2.24) is 0 Å². The summed E-state index contributed by atoms with van der Waals surface area (Å²) >= 11 is 0. The van der Waals surface area contributed by atoms with Crippen LogP contribution in [0.3, 0.4) is 0 Å². The molecule has 0 aliphatic heterocycles.